The minimum absolute atomic E-state index is 0.574. The zero-order chi connectivity index (χ0) is 8.81. The third-order valence-electron chi connectivity index (χ3n) is 1.41. The van der Waals surface area contributed by atoms with Crippen molar-refractivity contribution in [2.45, 2.75) is 20.0 Å². The summed E-state index contributed by atoms with van der Waals surface area (Å²) >= 11 is 1.69. The van der Waals surface area contributed by atoms with Gasteiger partial charge in [0.15, 0.2) is 0 Å². The van der Waals surface area contributed by atoms with Gasteiger partial charge < -0.3 is 10.5 Å². The van der Waals surface area contributed by atoms with Gasteiger partial charge in [-0.1, -0.05) is 6.92 Å². The Hall–Kier alpha value is -0.450. The van der Waals surface area contributed by atoms with Crippen LogP contribution in [-0.4, -0.2) is 18.1 Å². The highest BCUT2D eigenvalue weighted by Crippen LogP contribution is 2.10. The lowest BCUT2D eigenvalue weighted by atomic mass is 10.5. The second-order valence-electron chi connectivity index (χ2n) is 2.43. The van der Waals surface area contributed by atoms with Crippen molar-refractivity contribution in [3.05, 3.63) is 16.1 Å². The van der Waals surface area contributed by atoms with Crippen LogP contribution in [-0.2, 0) is 17.8 Å². The number of hydrogen-bond acceptors (Lipinski definition) is 4. The summed E-state index contributed by atoms with van der Waals surface area (Å²) in [6.07, 6.45) is 1.00. The average Bonchev–Trinajstić information content (AvgIpc) is 2.53. The number of aromatic nitrogens is 1. The van der Waals surface area contributed by atoms with E-state index in [1.807, 2.05) is 5.38 Å². The molecule has 0 bridgehead atoms. The first-order valence-corrected chi connectivity index (χ1v) is 4.96. The van der Waals surface area contributed by atoms with Crippen LogP contribution in [0.5, 0.6) is 0 Å². The van der Waals surface area contributed by atoms with Crippen molar-refractivity contribution in [1.82, 2.24) is 4.98 Å². The molecular formula is C8H14N2OS. The fourth-order valence-electron chi connectivity index (χ4n) is 0.838. The first-order valence-electron chi connectivity index (χ1n) is 4.08. The van der Waals surface area contributed by atoms with Gasteiger partial charge in [0.25, 0.3) is 0 Å². The van der Waals surface area contributed by atoms with Crippen LogP contribution in [0.4, 0.5) is 0 Å². The first-order chi connectivity index (χ1) is 5.86. The molecule has 0 saturated carbocycles. The Morgan fingerprint density at radius 3 is 3.08 bits per heavy atom. The molecule has 0 aliphatic carbocycles. The van der Waals surface area contributed by atoms with Gasteiger partial charge in [0.1, 0.15) is 0 Å². The maximum Gasteiger partial charge on any atom is 0.0926 e. The Balaban J connectivity index is 2.31. The molecule has 0 spiro atoms. The monoisotopic (exact) mass is 186 g/mol. The van der Waals surface area contributed by atoms with Crippen LogP contribution in [0.1, 0.15) is 17.6 Å². The van der Waals surface area contributed by atoms with Crippen molar-refractivity contribution in [2.24, 2.45) is 5.73 Å². The van der Waals surface area contributed by atoms with E-state index in [0.717, 1.165) is 12.1 Å². The number of rotatable bonds is 5. The zero-order valence-corrected chi connectivity index (χ0v) is 8.06. The van der Waals surface area contributed by atoms with Gasteiger partial charge in [-0.2, -0.15) is 0 Å². The van der Waals surface area contributed by atoms with Crippen LogP contribution < -0.4 is 5.73 Å². The topological polar surface area (TPSA) is 48.1 Å². The third-order valence-corrected chi connectivity index (χ3v) is 2.46. The van der Waals surface area contributed by atoms with E-state index in [4.69, 9.17) is 10.5 Å². The smallest absolute Gasteiger partial charge is 0.0926 e. The second-order valence-corrected chi connectivity index (χ2v) is 3.37. The molecule has 68 valence electrons. The molecule has 0 saturated heterocycles. The zero-order valence-electron chi connectivity index (χ0n) is 7.25. The van der Waals surface area contributed by atoms with Gasteiger partial charge in [-0.3, -0.25) is 0 Å². The summed E-state index contributed by atoms with van der Waals surface area (Å²) in [5.41, 5.74) is 6.30. The van der Waals surface area contributed by atoms with Crippen molar-refractivity contribution >= 4 is 11.3 Å². The Morgan fingerprint density at radius 2 is 2.50 bits per heavy atom. The van der Waals surface area contributed by atoms with Crippen LogP contribution >= 0.6 is 11.3 Å². The molecule has 0 aromatic carbocycles. The van der Waals surface area contributed by atoms with Gasteiger partial charge in [0, 0.05) is 11.9 Å². The highest BCUT2D eigenvalue weighted by Gasteiger charge is 1.98. The molecule has 4 heteroatoms. The fraction of sp³-hybridized carbons (Fsp3) is 0.625. The minimum atomic E-state index is 0.574. The standard InChI is InChI=1S/C8H14N2OS/c1-2-8-10-7(6-12-8)5-11-4-3-9/h6H,2-5,9H2,1H3. The number of thiazole rings is 1. The van der Waals surface area contributed by atoms with Crippen molar-refractivity contribution < 1.29 is 4.74 Å². The van der Waals surface area contributed by atoms with Crippen molar-refractivity contribution in [3.8, 4) is 0 Å². The van der Waals surface area contributed by atoms with E-state index in [2.05, 4.69) is 11.9 Å². The highest BCUT2D eigenvalue weighted by molar-refractivity contribution is 7.09. The van der Waals surface area contributed by atoms with Crippen LogP contribution in [0.25, 0.3) is 0 Å². The van der Waals surface area contributed by atoms with Crippen molar-refractivity contribution in [2.75, 3.05) is 13.2 Å². The maximum atomic E-state index is 5.28. The summed E-state index contributed by atoms with van der Waals surface area (Å²) in [6, 6.07) is 0. The summed E-state index contributed by atoms with van der Waals surface area (Å²) in [4.78, 5) is 4.35. The van der Waals surface area contributed by atoms with E-state index in [1.165, 1.54) is 5.01 Å². The van der Waals surface area contributed by atoms with E-state index < -0.39 is 0 Å². The van der Waals surface area contributed by atoms with Crippen LogP contribution in [0.15, 0.2) is 5.38 Å². The van der Waals surface area contributed by atoms with E-state index in [-0.39, 0.29) is 0 Å². The molecule has 0 unspecified atom stereocenters. The lowest BCUT2D eigenvalue weighted by Gasteiger charge is -1.97. The molecule has 0 aliphatic heterocycles. The predicted octanol–water partition coefficient (Wildman–Crippen LogP) is 1.18. The van der Waals surface area contributed by atoms with Crippen LogP contribution in [0.3, 0.4) is 0 Å². The van der Waals surface area contributed by atoms with E-state index in [9.17, 15) is 0 Å². The highest BCUT2D eigenvalue weighted by atomic mass is 32.1. The second kappa shape index (κ2) is 5.24. The number of nitrogens with two attached hydrogens (primary N) is 1. The fourth-order valence-corrected chi connectivity index (χ4v) is 1.57. The first kappa shape index (κ1) is 9.64. The molecule has 2 N–H and O–H groups in total. The summed E-state index contributed by atoms with van der Waals surface area (Å²) in [5.74, 6) is 0. The number of nitrogens with zero attached hydrogens (tertiary/aromatic N) is 1. The molecule has 1 aromatic rings. The van der Waals surface area contributed by atoms with Gasteiger partial charge >= 0.3 is 0 Å². The molecule has 1 aromatic heterocycles. The molecule has 0 atom stereocenters. The van der Waals surface area contributed by atoms with Crippen LogP contribution in [0, 0.1) is 0 Å². The Bertz CT molecular complexity index is 225. The molecule has 1 heterocycles. The quantitative estimate of drug-likeness (QED) is 0.702. The normalized spacial score (nSPS) is 10.5. The number of hydrogen-bond donors (Lipinski definition) is 1. The number of ether oxygens (including phenoxy) is 1. The molecule has 12 heavy (non-hydrogen) atoms. The molecule has 1 rings (SSSR count). The predicted molar refractivity (Wildman–Crippen MR) is 50.2 cm³/mol. The largest absolute Gasteiger partial charge is 0.374 e. The molecule has 3 nitrogen and oxygen atoms in total. The maximum absolute atomic E-state index is 5.28. The van der Waals surface area contributed by atoms with E-state index in [1.54, 1.807) is 11.3 Å². The SMILES string of the molecule is CCc1nc(COCCN)cs1. The van der Waals surface area contributed by atoms with Gasteiger partial charge in [0.05, 0.1) is 23.9 Å². The summed E-state index contributed by atoms with van der Waals surface area (Å²) in [6.45, 7) is 3.88. The molecule has 0 aliphatic rings. The Kier molecular flexibility index (Phi) is 4.21. The molecule has 0 fully saturated rings. The Labute approximate surface area is 76.6 Å². The van der Waals surface area contributed by atoms with Gasteiger partial charge in [-0.05, 0) is 6.42 Å². The van der Waals surface area contributed by atoms with Gasteiger partial charge in [0.2, 0.25) is 0 Å². The molecular weight excluding hydrogens is 172 g/mol. The lowest BCUT2D eigenvalue weighted by Crippen LogP contribution is -2.08. The number of aryl methyl sites for hydroxylation is 1. The van der Waals surface area contributed by atoms with Gasteiger partial charge in [-0.15, -0.1) is 11.3 Å². The minimum Gasteiger partial charge on any atom is -0.374 e. The van der Waals surface area contributed by atoms with Crippen molar-refractivity contribution in [3.63, 3.8) is 0 Å². The summed E-state index contributed by atoms with van der Waals surface area (Å²) in [5, 5.41) is 3.20. The lowest BCUT2D eigenvalue weighted by molar-refractivity contribution is 0.126. The van der Waals surface area contributed by atoms with Gasteiger partial charge in [-0.25, -0.2) is 4.98 Å². The molecule has 0 radical (unpaired) electrons. The average molecular weight is 186 g/mol. The Morgan fingerprint density at radius 1 is 1.67 bits per heavy atom. The van der Waals surface area contributed by atoms with E-state index in [0.29, 0.717) is 19.8 Å². The third kappa shape index (κ3) is 2.89. The summed E-state index contributed by atoms with van der Waals surface area (Å²) < 4.78 is 5.25. The summed E-state index contributed by atoms with van der Waals surface area (Å²) in [7, 11) is 0. The van der Waals surface area contributed by atoms with Crippen LogP contribution in [0.2, 0.25) is 0 Å². The molecule has 0 amide bonds. The van der Waals surface area contributed by atoms with E-state index >= 15 is 0 Å². The van der Waals surface area contributed by atoms with Crippen molar-refractivity contribution in [1.29, 1.82) is 0 Å².